The molecule has 0 aromatic carbocycles. The molecule has 0 N–H and O–H groups in total. The number of carbonyl (C=O) groups is 1. The maximum absolute atomic E-state index is 13.3. The SMILES string of the molecule is O=C1CC(CCl)CN1c1c(Cl)c(F)nc(F)c1Cl. The zero-order chi connectivity index (χ0) is 13.4. The highest BCUT2D eigenvalue weighted by molar-refractivity contribution is 6.40. The minimum atomic E-state index is -1.20. The molecular formula is C10H7Cl3F2N2O. The number of hydrogen-bond acceptors (Lipinski definition) is 2. The van der Waals surface area contributed by atoms with Gasteiger partial charge in [0.25, 0.3) is 0 Å². The highest BCUT2D eigenvalue weighted by atomic mass is 35.5. The van der Waals surface area contributed by atoms with Gasteiger partial charge >= 0.3 is 0 Å². The lowest BCUT2D eigenvalue weighted by Crippen LogP contribution is -2.26. The molecule has 1 aromatic heterocycles. The molecule has 1 atom stereocenters. The van der Waals surface area contributed by atoms with E-state index in [9.17, 15) is 13.6 Å². The minimum Gasteiger partial charge on any atom is -0.309 e. The van der Waals surface area contributed by atoms with E-state index in [0.29, 0.717) is 0 Å². The van der Waals surface area contributed by atoms with Crippen LogP contribution in [0.5, 0.6) is 0 Å². The fourth-order valence-corrected chi connectivity index (χ4v) is 2.55. The molecule has 0 spiro atoms. The van der Waals surface area contributed by atoms with Gasteiger partial charge in [-0.05, 0) is 5.92 Å². The average Bonchev–Trinajstić information content (AvgIpc) is 2.69. The molecule has 0 saturated carbocycles. The molecule has 1 unspecified atom stereocenters. The molecule has 0 aliphatic carbocycles. The third-order valence-electron chi connectivity index (χ3n) is 2.67. The molecular weight excluding hydrogens is 308 g/mol. The molecule has 1 aliphatic rings. The van der Waals surface area contributed by atoms with Crippen molar-refractivity contribution in [3.05, 3.63) is 21.9 Å². The fourth-order valence-electron chi connectivity index (χ4n) is 1.81. The van der Waals surface area contributed by atoms with Crippen LogP contribution >= 0.6 is 34.8 Å². The second-order valence-corrected chi connectivity index (χ2v) is 4.96. The smallest absolute Gasteiger partial charge is 0.236 e. The van der Waals surface area contributed by atoms with E-state index in [4.69, 9.17) is 34.8 Å². The molecule has 1 amide bonds. The number of halogens is 5. The Balaban J connectivity index is 2.48. The Morgan fingerprint density at radius 3 is 2.28 bits per heavy atom. The van der Waals surface area contributed by atoms with Crippen molar-refractivity contribution in [3.8, 4) is 0 Å². The molecule has 3 nitrogen and oxygen atoms in total. The Morgan fingerprint density at radius 1 is 1.28 bits per heavy atom. The Labute approximate surface area is 117 Å². The van der Waals surface area contributed by atoms with Gasteiger partial charge in [-0.1, -0.05) is 23.2 Å². The van der Waals surface area contributed by atoms with E-state index in [1.165, 1.54) is 0 Å². The van der Waals surface area contributed by atoms with Crippen LogP contribution in [-0.2, 0) is 4.79 Å². The zero-order valence-electron chi connectivity index (χ0n) is 8.89. The van der Waals surface area contributed by atoms with E-state index in [2.05, 4.69) is 4.98 Å². The van der Waals surface area contributed by atoms with Gasteiger partial charge in [-0.25, -0.2) is 0 Å². The summed E-state index contributed by atoms with van der Waals surface area (Å²) >= 11 is 17.0. The number of amides is 1. The van der Waals surface area contributed by atoms with E-state index in [1.807, 2.05) is 0 Å². The van der Waals surface area contributed by atoms with Crippen molar-refractivity contribution < 1.29 is 13.6 Å². The largest absolute Gasteiger partial charge is 0.309 e. The fraction of sp³-hybridized carbons (Fsp3) is 0.400. The molecule has 18 heavy (non-hydrogen) atoms. The van der Waals surface area contributed by atoms with E-state index < -0.39 is 21.9 Å². The minimum absolute atomic E-state index is 0.0920. The third kappa shape index (κ3) is 2.27. The monoisotopic (exact) mass is 314 g/mol. The van der Waals surface area contributed by atoms with Crippen LogP contribution in [0.3, 0.4) is 0 Å². The standard InChI is InChI=1S/C10H7Cl3F2N2O/c11-2-4-1-5(18)17(3-4)8-6(12)9(14)16-10(15)7(8)13/h4H,1-3H2. The number of anilines is 1. The molecule has 8 heteroatoms. The highest BCUT2D eigenvalue weighted by Gasteiger charge is 2.34. The molecule has 2 rings (SSSR count). The van der Waals surface area contributed by atoms with Gasteiger partial charge in [-0.15, -0.1) is 11.6 Å². The van der Waals surface area contributed by atoms with Gasteiger partial charge in [0.15, 0.2) is 0 Å². The maximum atomic E-state index is 13.3. The predicted molar refractivity (Wildman–Crippen MR) is 65.4 cm³/mol. The summed E-state index contributed by atoms with van der Waals surface area (Å²) in [5.74, 6) is -2.54. The van der Waals surface area contributed by atoms with E-state index in [1.54, 1.807) is 0 Å². The Hall–Kier alpha value is -0.650. The first kappa shape index (κ1) is 13.8. The lowest BCUT2D eigenvalue weighted by Gasteiger charge is -2.19. The van der Waals surface area contributed by atoms with Crippen molar-refractivity contribution in [2.75, 3.05) is 17.3 Å². The van der Waals surface area contributed by atoms with Gasteiger partial charge in [0, 0.05) is 18.8 Å². The molecule has 0 bridgehead atoms. The summed E-state index contributed by atoms with van der Waals surface area (Å²) in [5, 5.41) is -0.935. The van der Waals surface area contributed by atoms with Crippen LogP contribution in [0.15, 0.2) is 0 Å². The molecule has 1 fully saturated rings. The number of rotatable bonds is 2. The van der Waals surface area contributed by atoms with Crippen LogP contribution in [0.25, 0.3) is 0 Å². The zero-order valence-corrected chi connectivity index (χ0v) is 11.2. The van der Waals surface area contributed by atoms with Gasteiger partial charge in [-0.2, -0.15) is 13.8 Å². The van der Waals surface area contributed by atoms with Crippen molar-refractivity contribution in [2.45, 2.75) is 6.42 Å². The number of hydrogen-bond donors (Lipinski definition) is 0. The van der Waals surface area contributed by atoms with Gasteiger partial charge in [0.1, 0.15) is 10.0 Å². The molecule has 1 saturated heterocycles. The summed E-state index contributed by atoms with van der Waals surface area (Å²) in [7, 11) is 0. The summed E-state index contributed by atoms with van der Waals surface area (Å²) in [6.07, 6.45) is 0.196. The van der Waals surface area contributed by atoms with Crippen LogP contribution in [0.4, 0.5) is 14.5 Å². The molecule has 1 aromatic rings. The van der Waals surface area contributed by atoms with Gasteiger partial charge in [0.05, 0.1) is 5.69 Å². The number of nitrogens with zero attached hydrogens (tertiary/aromatic N) is 2. The van der Waals surface area contributed by atoms with Crippen LogP contribution in [0.1, 0.15) is 6.42 Å². The maximum Gasteiger partial charge on any atom is 0.236 e. The number of pyridine rings is 1. The van der Waals surface area contributed by atoms with Crippen molar-refractivity contribution in [1.29, 1.82) is 0 Å². The molecule has 0 radical (unpaired) electrons. The van der Waals surface area contributed by atoms with Gasteiger partial charge in [-0.3, -0.25) is 4.79 Å². The predicted octanol–water partition coefficient (Wildman–Crippen LogP) is 3.26. The summed E-state index contributed by atoms with van der Waals surface area (Å²) < 4.78 is 26.5. The summed E-state index contributed by atoms with van der Waals surface area (Å²) in [6.45, 7) is 0.227. The highest BCUT2D eigenvalue weighted by Crippen LogP contribution is 2.39. The quantitative estimate of drug-likeness (QED) is 0.620. The second kappa shape index (κ2) is 5.15. The van der Waals surface area contributed by atoms with Crippen LogP contribution in [0.2, 0.25) is 10.0 Å². The van der Waals surface area contributed by atoms with E-state index >= 15 is 0 Å². The van der Waals surface area contributed by atoms with Crippen LogP contribution in [-0.4, -0.2) is 23.3 Å². The van der Waals surface area contributed by atoms with Gasteiger partial charge < -0.3 is 4.90 Å². The summed E-state index contributed by atoms with van der Waals surface area (Å²) in [4.78, 5) is 15.8. The van der Waals surface area contributed by atoms with Crippen molar-refractivity contribution in [1.82, 2.24) is 4.98 Å². The molecule has 2 heterocycles. The van der Waals surface area contributed by atoms with Crippen molar-refractivity contribution >= 4 is 46.4 Å². The number of carbonyl (C=O) groups excluding carboxylic acids is 1. The van der Waals surface area contributed by atoms with Crippen molar-refractivity contribution in [3.63, 3.8) is 0 Å². The van der Waals surface area contributed by atoms with Crippen LogP contribution < -0.4 is 4.90 Å². The number of aromatic nitrogens is 1. The summed E-state index contributed by atoms with van der Waals surface area (Å²) in [6, 6.07) is 0. The molecule has 1 aliphatic heterocycles. The van der Waals surface area contributed by atoms with Gasteiger partial charge in [0.2, 0.25) is 17.8 Å². The third-order valence-corrected chi connectivity index (χ3v) is 3.77. The van der Waals surface area contributed by atoms with Crippen LogP contribution in [0, 0.1) is 17.8 Å². The second-order valence-electron chi connectivity index (χ2n) is 3.90. The van der Waals surface area contributed by atoms with Crippen molar-refractivity contribution in [2.24, 2.45) is 5.92 Å². The Kier molecular flexibility index (Phi) is 3.94. The Bertz CT molecular complexity index is 486. The number of alkyl halides is 1. The first-order valence-corrected chi connectivity index (χ1v) is 6.31. The topological polar surface area (TPSA) is 33.2 Å². The molecule has 98 valence electrons. The Morgan fingerprint density at radius 2 is 1.83 bits per heavy atom. The lowest BCUT2D eigenvalue weighted by atomic mass is 10.1. The average molecular weight is 316 g/mol. The van der Waals surface area contributed by atoms with E-state index in [0.717, 1.165) is 4.90 Å². The normalized spacial score (nSPS) is 19.7. The van der Waals surface area contributed by atoms with E-state index in [-0.39, 0.29) is 36.4 Å². The first-order valence-electron chi connectivity index (χ1n) is 5.02. The summed E-state index contributed by atoms with van der Waals surface area (Å²) in [5.41, 5.74) is -0.180. The first-order chi connectivity index (χ1) is 8.45. The lowest BCUT2D eigenvalue weighted by molar-refractivity contribution is -0.117.